The third kappa shape index (κ3) is 5.60. The summed E-state index contributed by atoms with van der Waals surface area (Å²) < 4.78 is 41.5. The highest BCUT2D eigenvalue weighted by Gasteiger charge is 2.24. The number of para-hydroxylation sites is 1. The number of anilines is 1. The first-order valence-corrected chi connectivity index (χ1v) is 12.2. The second kappa shape index (κ2) is 9.64. The molecule has 2 N–H and O–H groups in total. The minimum Gasteiger partial charge on any atom is -0.349 e. The number of carbonyl (C=O) groups is 2. The quantitative estimate of drug-likeness (QED) is 0.512. The number of hydrogen-bond acceptors (Lipinski definition) is 4. The summed E-state index contributed by atoms with van der Waals surface area (Å²) in [6, 6.07) is 18.3. The Hall–Kier alpha value is -3.72. The first kappa shape index (κ1) is 23.4. The Bertz CT molecular complexity index is 1320. The van der Waals surface area contributed by atoms with Crippen molar-refractivity contribution in [2.24, 2.45) is 0 Å². The van der Waals surface area contributed by atoms with E-state index in [2.05, 4.69) is 10.0 Å². The SMILES string of the molecule is CN(Cc1ccc(C(=O)NC2CC2)cc1)C(=O)c1cccc(S(=O)(=O)Nc2ccccc2F)c1. The minimum atomic E-state index is -4.09. The molecule has 0 aromatic heterocycles. The molecular weight excluding hydrogens is 457 g/mol. The monoisotopic (exact) mass is 481 g/mol. The van der Waals surface area contributed by atoms with Gasteiger partial charge in [0.05, 0.1) is 10.6 Å². The number of rotatable bonds is 8. The predicted octanol–water partition coefficient (Wildman–Crippen LogP) is 3.79. The number of amides is 2. The first-order valence-electron chi connectivity index (χ1n) is 10.8. The molecule has 0 heterocycles. The van der Waals surface area contributed by atoms with Crippen LogP contribution in [0.2, 0.25) is 0 Å². The van der Waals surface area contributed by atoms with Gasteiger partial charge >= 0.3 is 0 Å². The van der Waals surface area contributed by atoms with Gasteiger partial charge in [-0.15, -0.1) is 0 Å². The van der Waals surface area contributed by atoms with Gasteiger partial charge in [0, 0.05) is 30.8 Å². The molecule has 1 saturated carbocycles. The zero-order chi connectivity index (χ0) is 24.3. The highest BCUT2D eigenvalue weighted by atomic mass is 32.2. The number of carbonyl (C=O) groups excluding carboxylic acids is 2. The Morgan fingerprint density at radius 2 is 1.68 bits per heavy atom. The van der Waals surface area contributed by atoms with Crippen LogP contribution in [0.4, 0.5) is 10.1 Å². The van der Waals surface area contributed by atoms with Gasteiger partial charge in [-0.1, -0.05) is 30.3 Å². The maximum atomic E-state index is 13.9. The van der Waals surface area contributed by atoms with Crippen molar-refractivity contribution in [3.63, 3.8) is 0 Å². The molecule has 176 valence electrons. The summed E-state index contributed by atoms with van der Waals surface area (Å²) in [6.07, 6.45) is 2.02. The van der Waals surface area contributed by atoms with Gasteiger partial charge in [0.2, 0.25) is 0 Å². The van der Waals surface area contributed by atoms with Gasteiger partial charge in [-0.2, -0.15) is 0 Å². The van der Waals surface area contributed by atoms with E-state index in [4.69, 9.17) is 0 Å². The van der Waals surface area contributed by atoms with Crippen LogP contribution in [0.5, 0.6) is 0 Å². The van der Waals surface area contributed by atoms with Gasteiger partial charge in [-0.05, 0) is 60.9 Å². The smallest absolute Gasteiger partial charge is 0.262 e. The number of sulfonamides is 1. The number of nitrogens with one attached hydrogen (secondary N) is 2. The van der Waals surface area contributed by atoms with E-state index in [1.165, 1.54) is 47.4 Å². The maximum absolute atomic E-state index is 13.9. The molecule has 0 saturated heterocycles. The lowest BCUT2D eigenvalue weighted by molar-refractivity contribution is 0.0784. The first-order chi connectivity index (χ1) is 16.2. The van der Waals surface area contributed by atoms with Crippen molar-refractivity contribution in [3.05, 3.63) is 95.3 Å². The summed E-state index contributed by atoms with van der Waals surface area (Å²) in [4.78, 5) is 26.4. The lowest BCUT2D eigenvalue weighted by Crippen LogP contribution is -2.27. The van der Waals surface area contributed by atoms with Crippen LogP contribution in [0.1, 0.15) is 39.1 Å². The summed E-state index contributed by atoms with van der Waals surface area (Å²) in [5.41, 5.74) is 1.39. The Morgan fingerprint density at radius 3 is 2.35 bits per heavy atom. The Morgan fingerprint density at radius 1 is 0.971 bits per heavy atom. The minimum absolute atomic E-state index is 0.111. The van der Waals surface area contributed by atoms with Crippen LogP contribution in [0, 0.1) is 5.82 Å². The molecule has 9 heteroatoms. The molecule has 3 aromatic carbocycles. The Labute approximate surface area is 197 Å². The number of benzene rings is 3. The molecule has 7 nitrogen and oxygen atoms in total. The lowest BCUT2D eigenvalue weighted by atomic mass is 10.1. The van der Waals surface area contributed by atoms with E-state index in [9.17, 15) is 22.4 Å². The van der Waals surface area contributed by atoms with E-state index in [-0.39, 0.29) is 40.5 Å². The zero-order valence-electron chi connectivity index (χ0n) is 18.5. The molecular formula is C25H24FN3O4S. The molecule has 0 bridgehead atoms. The molecule has 1 aliphatic rings. The third-order valence-electron chi connectivity index (χ3n) is 5.40. The Kier molecular flexibility index (Phi) is 6.65. The molecule has 34 heavy (non-hydrogen) atoms. The summed E-state index contributed by atoms with van der Waals surface area (Å²) >= 11 is 0. The van der Waals surface area contributed by atoms with Crippen molar-refractivity contribution in [3.8, 4) is 0 Å². The van der Waals surface area contributed by atoms with Crippen LogP contribution < -0.4 is 10.0 Å². The van der Waals surface area contributed by atoms with Crippen molar-refractivity contribution < 1.29 is 22.4 Å². The van der Waals surface area contributed by atoms with E-state index in [0.717, 1.165) is 24.5 Å². The maximum Gasteiger partial charge on any atom is 0.262 e. The second-order valence-electron chi connectivity index (χ2n) is 8.22. The molecule has 0 spiro atoms. The van der Waals surface area contributed by atoms with Crippen LogP contribution in [-0.4, -0.2) is 38.2 Å². The second-order valence-corrected chi connectivity index (χ2v) is 9.90. The number of halogens is 1. The van der Waals surface area contributed by atoms with Gasteiger partial charge in [0.1, 0.15) is 5.82 Å². The van der Waals surface area contributed by atoms with E-state index in [0.29, 0.717) is 5.56 Å². The fourth-order valence-corrected chi connectivity index (χ4v) is 4.48. The van der Waals surface area contributed by atoms with E-state index < -0.39 is 15.8 Å². The number of nitrogens with zero attached hydrogens (tertiary/aromatic N) is 1. The number of hydrogen-bond donors (Lipinski definition) is 2. The van der Waals surface area contributed by atoms with Gasteiger partial charge < -0.3 is 10.2 Å². The third-order valence-corrected chi connectivity index (χ3v) is 6.77. The van der Waals surface area contributed by atoms with Crippen LogP contribution in [0.25, 0.3) is 0 Å². The zero-order valence-corrected chi connectivity index (χ0v) is 19.3. The molecule has 1 fully saturated rings. The summed E-state index contributed by atoms with van der Waals surface area (Å²) in [5, 5.41) is 2.93. The van der Waals surface area contributed by atoms with Crippen LogP contribution in [-0.2, 0) is 16.6 Å². The summed E-state index contributed by atoms with van der Waals surface area (Å²) in [7, 11) is -2.49. The molecule has 2 amide bonds. The Balaban J connectivity index is 1.44. The summed E-state index contributed by atoms with van der Waals surface area (Å²) in [6.45, 7) is 0.272. The molecule has 0 atom stereocenters. The topological polar surface area (TPSA) is 95.6 Å². The van der Waals surface area contributed by atoms with Gasteiger partial charge in [-0.3, -0.25) is 14.3 Å². The van der Waals surface area contributed by atoms with Crippen LogP contribution in [0.15, 0.2) is 77.7 Å². The van der Waals surface area contributed by atoms with E-state index in [1.54, 1.807) is 31.3 Å². The van der Waals surface area contributed by atoms with E-state index in [1.807, 2.05) is 0 Å². The van der Waals surface area contributed by atoms with Crippen molar-refractivity contribution >= 4 is 27.5 Å². The standard InChI is InChI=1S/C25H24FN3O4S/c1-29(16-17-9-11-18(12-10-17)24(30)27-20-13-14-20)25(31)19-5-4-6-21(15-19)34(32,33)28-23-8-3-2-7-22(23)26/h2-12,15,20,28H,13-14,16H2,1H3,(H,27,30). The summed E-state index contributed by atoms with van der Waals surface area (Å²) in [5.74, 6) is -1.19. The average molecular weight is 482 g/mol. The predicted molar refractivity (Wildman–Crippen MR) is 126 cm³/mol. The lowest BCUT2D eigenvalue weighted by Gasteiger charge is -2.18. The van der Waals surface area contributed by atoms with Gasteiger partial charge in [0.15, 0.2) is 0 Å². The fourth-order valence-electron chi connectivity index (χ4n) is 3.37. The van der Waals surface area contributed by atoms with Gasteiger partial charge in [0.25, 0.3) is 21.8 Å². The molecule has 0 unspecified atom stereocenters. The molecule has 0 aliphatic heterocycles. The average Bonchev–Trinajstić information content (AvgIpc) is 3.64. The highest BCUT2D eigenvalue weighted by Crippen LogP contribution is 2.21. The van der Waals surface area contributed by atoms with Crippen molar-refractivity contribution in [2.75, 3.05) is 11.8 Å². The van der Waals surface area contributed by atoms with Crippen molar-refractivity contribution in [1.82, 2.24) is 10.2 Å². The highest BCUT2D eigenvalue weighted by molar-refractivity contribution is 7.92. The van der Waals surface area contributed by atoms with Crippen LogP contribution in [0.3, 0.4) is 0 Å². The largest absolute Gasteiger partial charge is 0.349 e. The molecule has 1 aliphatic carbocycles. The molecule has 4 rings (SSSR count). The van der Waals surface area contributed by atoms with Crippen molar-refractivity contribution in [2.45, 2.75) is 30.3 Å². The molecule has 0 radical (unpaired) electrons. The normalized spacial score (nSPS) is 13.2. The van der Waals surface area contributed by atoms with E-state index >= 15 is 0 Å². The fraction of sp³-hybridized carbons (Fsp3) is 0.200. The van der Waals surface area contributed by atoms with Gasteiger partial charge in [-0.25, -0.2) is 12.8 Å². The van der Waals surface area contributed by atoms with Crippen molar-refractivity contribution in [1.29, 1.82) is 0 Å². The van der Waals surface area contributed by atoms with Crippen LogP contribution >= 0.6 is 0 Å². The molecule has 3 aromatic rings.